The van der Waals surface area contributed by atoms with Crippen LogP contribution in [0.5, 0.6) is 11.5 Å². The van der Waals surface area contributed by atoms with E-state index in [0.717, 1.165) is 42.9 Å². The van der Waals surface area contributed by atoms with Crippen LogP contribution in [0.25, 0.3) is 0 Å². The summed E-state index contributed by atoms with van der Waals surface area (Å²) >= 11 is 0. The van der Waals surface area contributed by atoms with Gasteiger partial charge in [0.15, 0.2) is 0 Å². The number of phenols is 2. The molecule has 200 valence electrons. The molecule has 0 heterocycles. The van der Waals surface area contributed by atoms with E-state index >= 15 is 0 Å². The van der Waals surface area contributed by atoms with Crippen molar-refractivity contribution in [2.24, 2.45) is 29.1 Å². The van der Waals surface area contributed by atoms with E-state index < -0.39 is 0 Å². The van der Waals surface area contributed by atoms with E-state index in [2.05, 4.69) is 46.4 Å². The number of fused-ring (bicyclic) bond motifs is 1. The van der Waals surface area contributed by atoms with Gasteiger partial charge in [0.2, 0.25) is 0 Å². The van der Waals surface area contributed by atoms with Gasteiger partial charge in [0.25, 0.3) is 0 Å². The Balaban J connectivity index is 0.000000383. The lowest BCUT2D eigenvalue weighted by atomic mass is 9.60. The second-order valence-electron chi connectivity index (χ2n) is 12.3. The van der Waals surface area contributed by atoms with Gasteiger partial charge in [-0.15, -0.1) is 0 Å². The van der Waals surface area contributed by atoms with Gasteiger partial charge >= 0.3 is 0 Å². The maximum absolute atomic E-state index is 10.0. The van der Waals surface area contributed by atoms with Crippen molar-refractivity contribution < 1.29 is 15.3 Å². The number of aromatic hydroxyl groups is 2. The molecule has 3 nitrogen and oxygen atoms in total. The second kappa shape index (κ2) is 13.0. The van der Waals surface area contributed by atoms with Gasteiger partial charge < -0.3 is 15.3 Å². The summed E-state index contributed by atoms with van der Waals surface area (Å²) in [5, 5.41) is 27.3. The first-order valence-electron chi connectivity index (χ1n) is 14.3. The maximum Gasteiger partial charge on any atom is 0.115 e. The van der Waals surface area contributed by atoms with Crippen molar-refractivity contribution in [3.05, 3.63) is 59.7 Å². The average Bonchev–Trinajstić information content (AvgIpc) is 3.19. The highest BCUT2D eigenvalue weighted by Crippen LogP contribution is 2.60. The molecular weight excluding hydrogens is 444 g/mol. The molecular formula is C33H50O3. The number of allylic oxidation sites excluding steroid dienone is 4. The minimum atomic E-state index is -0.172. The highest BCUT2D eigenvalue weighted by molar-refractivity contribution is 5.36. The predicted octanol–water partition coefficient (Wildman–Crippen LogP) is 8.72. The van der Waals surface area contributed by atoms with Gasteiger partial charge in [-0.25, -0.2) is 0 Å². The van der Waals surface area contributed by atoms with E-state index in [0.29, 0.717) is 5.41 Å². The molecule has 0 spiro atoms. The molecule has 0 radical (unpaired) electrons. The summed E-state index contributed by atoms with van der Waals surface area (Å²) in [4.78, 5) is 0. The molecule has 4 rings (SSSR count). The summed E-state index contributed by atoms with van der Waals surface area (Å²) in [6.45, 7) is 14.1. The predicted molar refractivity (Wildman–Crippen MR) is 151 cm³/mol. The largest absolute Gasteiger partial charge is 0.508 e. The summed E-state index contributed by atoms with van der Waals surface area (Å²) in [5.74, 6) is 3.71. The highest BCUT2D eigenvalue weighted by atomic mass is 16.3. The molecule has 0 saturated heterocycles. The van der Waals surface area contributed by atoms with Crippen molar-refractivity contribution in [3.8, 4) is 11.5 Å². The Morgan fingerprint density at radius 2 is 1.64 bits per heavy atom. The van der Waals surface area contributed by atoms with E-state index in [9.17, 15) is 5.11 Å². The molecule has 0 aromatic heterocycles. The summed E-state index contributed by atoms with van der Waals surface area (Å²) < 4.78 is 0. The standard InChI is InChI=1S/C27H44O.C6H6O2/c1-19(2)8-6-9-21(4)25-15-16-26-22(10-7-17-27(25,26)5)12-13-23-18-24(28)14-11-20(23)3;7-5-1-2-6(8)4-3-5/h12-13,19,21,24-26,28H,3,6-11,14-18H2,1-2,4-5H3;1-4,7-8H/b22-12+,23-13-;/t21-,24+,25-,26+,27-;/m1./s1. The number of phenolic OH excluding ortho intramolecular Hbond substituents is 2. The van der Waals surface area contributed by atoms with Crippen LogP contribution in [0.15, 0.2) is 59.7 Å². The summed E-state index contributed by atoms with van der Waals surface area (Å²) in [5.41, 5.74) is 4.72. The lowest BCUT2D eigenvalue weighted by molar-refractivity contribution is 0.0929. The zero-order chi connectivity index (χ0) is 26.3. The lowest BCUT2D eigenvalue weighted by Gasteiger charge is -2.44. The number of benzene rings is 1. The van der Waals surface area contributed by atoms with E-state index in [4.69, 9.17) is 10.2 Å². The van der Waals surface area contributed by atoms with Crippen LogP contribution in [0.2, 0.25) is 0 Å². The maximum atomic E-state index is 10.0. The fourth-order valence-electron chi connectivity index (χ4n) is 7.11. The minimum absolute atomic E-state index is 0.169. The van der Waals surface area contributed by atoms with E-state index in [1.54, 1.807) is 5.57 Å². The van der Waals surface area contributed by atoms with Crippen molar-refractivity contribution in [2.45, 2.75) is 104 Å². The summed E-state index contributed by atoms with van der Waals surface area (Å²) in [6, 6.07) is 5.70. The Kier molecular flexibility index (Phi) is 10.3. The third-order valence-corrected chi connectivity index (χ3v) is 9.20. The molecule has 0 bridgehead atoms. The van der Waals surface area contributed by atoms with Gasteiger partial charge in [-0.1, -0.05) is 76.8 Å². The SMILES string of the molecule is C=C1CC[C@H](O)C/C1=C/C=C1\CCC[C@]2(C)[C@@H]([C@H](C)CCCC(C)C)CC[C@@H]12.Oc1ccc(O)cc1. The quantitative estimate of drug-likeness (QED) is 0.347. The molecule has 3 fully saturated rings. The number of hydrogen-bond donors (Lipinski definition) is 3. The molecule has 36 heavy (non-hydrogen) atoms. The molecule has 1 aromatic carbocycles. The second-order valence-corrected chi connectivity index (χ2v) is 12.3. The third-order valence-electron chi connectivity index (χ3n) is 9.20. The zero-order valence-corrected chi connectivity index (χ0v) is 23.2. The molecule has 5 atom stereocenters. The fraction of sp³-hybridized carbons (Fsp3) is 0.636. The highest BCUT2D eigenvalue weighted by Gasteiger charge is 2.50. The van der Waals surface area contributed by atoms with Crippen LogP contribution in [-0.2, 0) is 0 Å². The van der Waals surface area contributed by atoms with Crippen molar-refractivity contribution in [1.29, 1.82) is 0 Å². The molecule has 0 aliphatic heterocycles. The molecule has 3 saturated carbocycles. The van der Waals surface area contributed by atoms with Crippen LogP contribution >= 0.6 is 0 Å². The number of aliphatic hydroxyl groups is 1. The van der Waals surface area contributed by atoms with Gasteiger partial charge in [0.1, 0.15) is 11.5 Å². The van der Waals surface area contributed by atoms with Crippen LogP contribution in [0.4, 0.5) is 0 Å². The van der Waals surface area contributed by atoms with Crippen LogP contribution in [0.3, 0.4) is 0 Å². The molecule has 3 N–H and O–H groups in total. The normalized spacial score (nSPS) is 31.3. The minimum Gasteiger partial charge on any atom is -0.508 e. The van der Waals surface area contributed by atoms with Gasteiger partial charge in [-0.05, 0) is 110 Å². The average molecular weight is 495 g/mol. The van der Waals surface area contributed by atoms with E-state index in [1.807, 2.05) is 0 Å². The van der Waals surface area contributed by atoms with Gasteiger partial charge in [0.05, 0.1) is 6.10 Å². The Morgan fingerprint density at radius 1 is 0.972 bits per heavy atom. The van der Waals surface area contributed by atoms with E-state index in [1.165, 1.54) is 86.8 Å². The van der Waals surface area contributed by atoms with Crippen molar-refractivity contribution in [1.82, 2.24) is 0 Å². The lowest BCUT2D eigenvalue weighted by Crippen LogP contribution is -2.36. The molecule has 3 heteroatoms. The smallest absolute Gasteiger partial charge is 0.115 e. The van der Waals surface area contributed by atoms with Gasteiger partial charge in [-0.2, -0.15) is 0 Å². The first kappa shape index (κ1) is 28.6. The Hall–Kier alpha value is -2.00. The Morgan fingerprint density at radius 3 is 2.28 bits per heavy atom. The van der Waals surface area contributed by atoms with Crippen molar-refractivity contribution >= 4 is 0 Å². The summed E-state index contributed by atoms with van der Waals surface area (Å²) in [7, 11) is 0. The molecule has 0 unspecified atom stereocenters. The van der Waals surface area contributed by atoms with Crippen LogP contribution < -0.4 is 0 Å². The van der Waals surface area contributed by atoms with Crippen molar-refractivity contribution in [3.63, 3.8) is 0 Å². The molecule has 3 aliphatic rings. The Bertz CT molecular complexity index is 888. The van der Waals surface area contributed by atoms with Crippen LogP contribution in [0, 0.1) is 29.1 Å². The van der Waals surface area contributed by atoms with Gasteiger partial charge in [0, 0.05) is 0 Å². The number of rotatable bonds is 6. The zero-order valence-electron chi connectivity index (χ0n) is 23.2. The molecule has 1 aromatic rings. The number of hydrogen-bond acceptors (Lipinski definition) is 3. The molecule has 0 amide bonds. The monoisotopic (exact) mass is 494 g/mol. The summed E-state index contributed by atoms with van der Waals surface area (Å²) in [6.07, 6.45) is 18.2. The first-order valence-corrected chi connectivity index (χ1v) is 14.3. The van der Waals surface area contributed by atoms with Gasteiger partial charge in [-0.3, -0.25) is 0 Å². The first-order chi connectivity index (χ1) is 17.1. The number of aliphatic hydroxyl groups excluding tert-OH is 1. The van der Waals surface area contributed by atoms with Crippen molar-refractivity contribution in [2.75, 3.05) is 0 Å². The van der Waals surface area contributed by atoms with Crippen LogP contribution in [0.1, 0.15) is 98.3 Å². The Labute approximate surface area is 220 Å². The third kappa shape index (κ3) is 7.51. The van der Waals surface area contributed by atoms with E-state index in [-0.39, 0.29) is 17.6 Å². The fourth-order valence-corrected chi connectivity index (χ4v) is 7.11. The molecule has 3 aliphatic carbocycles. The topological polar surface area (TPSA) is 60.7 Å². The van der Waals surface area contributed by atoms with Crippen LogP contribution in [-0.4, -0.2) is 21.4 Å².